The minimum absolute atomic E-state index is 0.148. The number of fused-ring (bicyclic) bond motifs is 8. The van der Waals surface area contributed by atoms with Crippen molar-refractivity contribution in [3.63, 3.8) is 0 Å². The van der Waals surface area contributed by atoms with E-state index in [-0.39, 0.29) is 11.8 Å². The van der Waals surface area contributed by atoms with Crippen molar-refractivity contribution in [2.75, 3.05) is 9.80 Å². The second kappa shape index (κ2) is 18.4. The third kappa shape index (κ3) is 8.19. The Morgan fingerprint density at radius 2 is 0.569 bits per heavy atom. The number of nitrogens with zero attached hydrogens (tertiary/aromatic N) is 2. The van der Waals surface area contributed by atoms with Crippen LogP contribution < -0.4 is 9.80 Å². The van der Waals surface area contributed by atoms with Crippen LogP contribution in [0.25, 0.3) is 65.4 Å². The lowest BCUT2D eigenvalue weighted by atomic mass is 9.87. The van der Waals surface area contributed by atoms with Gasteiger partial charge in [-0.05, 0) is 182 Å². The molecule has 11 rings (SSSR count). The second-order valence-electron chi connectivity index (χ2n) is 22.2. The van der Waals surface area contributed by atoms with E-state index in [9.17, 15) is 0 Å². The normalized spacial score (nSPS) is 12.4. The first-order valence-electron chi connectivity index (χ1n) is 26.4. The molecule has 2 aromatic heterocycles. The standard InChI is InChI=1S/C68H68N2O2/c1-39(2)45-13-23-53(24-14-45)69(54-25-15-46(16-26-54)40(3)4)57-31-21-49-35-59-61(37-51(49)33-57)71-67-64(44(11)12)68-66(63(43(9)10)65(59)67)60-36-50-22-32-58(34-52(50)38-62(60)72-68)70(55-27-17-47(18-28-55)41(5)6)56-29-19-48(20-30-56)42(7)8/h13-44H,1-12H3. The summed E-state index contributed by atoms with van der Waals surface area (Å²) in [5.74, 6) is 2.19. The SMILES string of the molecule is CC(C)c1ccc(N(c2ccc(C(C)C)cc2)c2ccc3cc4c(cc3c2)oc2c(C(C)C)c3oc5cc6cc(N(c7ccc(C(C)C)cc7)c7ccc(C(C)C)cc7)ccc6cc5c3c(C(C)C)c24)cc1. The van der Waals surface area contributed by atoms with Crippen molar-refractivity contribution in [3.8, 4) is 0 Å². The van der Waals surface area contributed by atoms with Crippen LogP contribution in [0.3, 0.4) is 0 Å². The van der Waals surface area contributed by atoms with Crippen molar-refractivity contribution in [1.82, 2.24) is 0 Å². The molecule has 0 spiro atoms. The Morgan fingerprint density at radius 3 is 0.847 bits per heavy atom. The molecular formula is C68H68N2O2. The average molecular weight is 945 g/mol. The van der Waals surface area contributed by atoms with Gasteiger partial charge >= 0.3 is 0 Å². The van der Waals surface area contributed by atoms with Crippen LogP contribution in [0.4, 0.5) is 34.1 Å². The van der Waals surface area contributed by atoms with Crippen LogP contribution in [0.1, 0.15) is 152 Å². The molecule has 0 N–H and O–H groups in total. The van der Waals surface area contributed by atoms with Gasteiger partial charge in [-0.15, -0.1) is 0 Å². The summed E-state index contributed by atoms with van der Waals surface area (Å²) in [6.45, 7) is 27.2. The lowest BCUT2D eigenvalue weighted by molar-refractivity contribution is 0.637. The summed E-state index contributed by atoms with van der Waals surface area (Å²) < 4.78 is 14.3. The van der Waals surface area contributed by atoms with Crippen molar-refractivity contribution in [3.05, 3.63) is 191 Å². The molecule has 11 aromatic rings. The minimum atomic E-state index is 0.148. The van der Waals surface area contributed by atoms with Crippen molar-refractivity contribution >= 4 is 99.5 Å². The van der Waals surface area contributed by atoms with Crippen molar-refractivity contribution in [1.29, 1.82) is 0 Å². The molecule has 4 heteroatoms. The van der Waals surface area contributed by atoms with E-state index in [0.29, 0.717) is 23.7 Å². The van der Waals surface area contributed by atoms with E-state index in [0.717, 1.165) is 83.6 Å². The Bertz CT molecular complexity index is 3440. The maximum Gasteiger partial charge on any atom is 0.142 e. The second-order valence-corrected chi connectivity index (χ2v) is 22.2. The van der Waals surface area contributed by atoms with Crippen molar-refractivity contribution in [2.45, 2.75) is 119 Å². The summed E-state index contributed by atoms with van der Waals surface area (Å²) in [5, 5.41) is 9.31. The minimum Gasteiger partial charge on any atom is -0.456 e. The lowest BCUT2D eigenvalue weighted by Gasteiger charge is -2.26. The first kappa shape index (κ1) is 47.0. The maximum absolute atomic E-state index is 7.15. The molecule has 0 aliphatic rings. The molecule has 0 radical (unpaired) electrons. The Morgan fingerprint density at radius 1 is 0.278 bits per heavy atom. The van der Waals surface area contributed by atoms with Crippen molar-refractivity contribution in [2.24, 2.45) is 0 Å². The molecule has 0 amide bonds. The molecule has 0 aliphatic carbocycles. The summed E-state index contributed by atoms with van der Waals surface area (Å²) in [6, 6.07) is 59.2. The number of furan rings is 2. The van der Waals surface area contributed by atoms with E-state index in [1.165, 1.54) is 49.4 Å². The fourth-order valence-corrected chi connectivity index (χ4v) is 11.1. The zero-order valence-corrected chi connectivity index (χ0v) is 44.2. The quantitative estimate of drug-likeness (QED) is 0.122. The van der Waals surface area contributed by atoms with Gasteiger partial charge in [-0.3, -0.25) is 0 Å². The van der Waals surface area contributed by atoms with E-state index >= 15 is 0 Å². The van der Waals surface area contributed by atoms with Gasteiger partial charge in [-0.1, -0.05) is 144 Å². The number of hydrogen-bond acceptors (Lipinski definition) is 4. The molecule has 0 unspecified atom stereocenters. The molecule has 0 aliphatic heterocycles. The third-order valence-electron chi connectivity index (χ3n) is 15.2. The Hall–Kier alpha value is -7.30. The van der Waals surface area contributed by atoms with Gasteiger partial charge in [-0.2, -0.15) is 0 Å². The Kier molecular flexibility index (Phi) is 12.0. The van der Waals surface area contributed by atoms with E-state index in [4.69, 9.17) is 8.83 Å². The molecule has 0 bridgehead atoms. The van der Waals surface area contributed by atoms with Gasteiger partial charge in [0, 0.05) is 61.2 Å². The smallest absolute Gasteiger partial charge is 0.142 e. The van der Waals surface area contributed by atoms with Gasteiger partial charge in [0.1, 0.15) is 22.3 Å². The third-order valence-corrected chi connectivity index (χ3v) is 15.2. The maximum atomic E-state index is 7.15. The molecule has 2 heterocycles. The first-order chi connectivity index (χ1) is 34.6. The number of anilines is 6. The number of rotatable bonds is 12. The summed E-state index contributed by atoms with van der Waals surface area (Å²) in [6.07, 6.45) is 0. The zero-order chi connectivity index (χ0) is 50.3. The van der Waals surface area contributed by atoms with Gasteiger partial charge in [0.05, 0.1) is 0 Å². The molecule has 9 aromatic carbocycles. The topological polar surface area (TPSA) is 32.8 Å². The predicted molar refractivity (Wildman–Crippen MR) is 310 cm³/mol. The number of hydrogen-bond donors (Lipinski definition) is 0. The summed E-state index contributed by atoms with van der Waals surface area (Å²) in [4.78, 5) is 4.75. The fourth-order valence-electron chi connectivity index (χ4n) is 11.1. The van der Waals surface area contributed by atoms with Crippen LogP contribution in [0.2, 0.25) is 0 Å². The van der Waals surface area contributed by atoms with E-state index in [1.807, 2.05) is 0 Å². The molecule has 4 nitrogen and oxygen atoms in total. The summed E-state index contributed by atoms with van der Waals surface area (Å²) >= 11 is 0. The van der Waals surface area contributed by atoms with E-state index in [1.54, 1.807) is 0 Å². The Labute approximate surface area is 425 Å². The molecule has 0 atom stereocenters. The van der Waals surface area contributed by atoms with Gasteiger partial charge in [0.2, 0.25) is 0 Å². The molecule has 0 fully saturated rings. The van der Waals surface area contributed by atoms with Crippen LogP contribution in [-0.2, 0) is 0 Å². The highest BCUT2D eigenvalue weighted by Crippen LogP contribution is 2.50. The largest absolute Gasteiger partial charge is 0.456 e. The van der Waals surface area contributed by atoms with Crippen molar-refractivity contribution < 1.29 is 8.83 Å². The fraction of sp³-hybridized carbons (Fsp3) is 0.265. The van der Waals surface area contributed by atoms with Gasteiger partial charge in [0.25, 0.3) is 0 Å². The zero-order valence-electron chi connectivity index (χ0n) is 44.2. The summed E-state index contributed by atoms with van der Waals surface area (Å²) in [5.41, 5.74) is 18.1. The van der Waals surface area contributed by atoms with Crippen LogP contribution in [0.15, 0.2) is 167 Å². The van der Waals surface area contributed by atoms with Gasteiger partial charge < -0.3 is 18.6 Å². The van der Waals surface area contributed by atoms with Crippen LogP contribution in [-0.4, -0.2) is 0 Å². The van der Waals surface area contributed by atoms with Gasteiger partial charge in [0.15, 0.2) is 0 Å². The van der Waals surface area contributed by atoms with Crippen LogP contribution in [0, 0.1) is 0 Å². The van der Waals surface area contributed by atoms with Crippen LogP contribution in [0.5, 0.6) is 0 Å². The molecule has 72 heavy (non-hydrogen) atoms. The lowest BCUT2D eigenvalue weighted by Crippen LogP contribution is -2.10. The number of benzene rings is 9. The highest BCUT2D eigenvalue weighted by Gasteiger charge is 2.28. The van der Waals surface area contributed by atoms with Gasteiger partial charge in [-0.25, -0.2) is 0 Å². The molecule has 0 saturated heterocycles. The average Bonchev–Trinajstić information content (AvgIpc) is 3.91. The monoisotopic (exact) mass is 945 g/mol. The van der Waals surface area contributed by atoms with E-state index in [2.05, 4.69) is 251 Å². The predicted octanol–water partition coefficient (Wildman–Crippen LogP) is 21.5. The highest BCUT2D eigenvalue weighted by atomic mass is 16.3. The molecule has 0 saturated carbocycles. The highest BCUT2D eigenvalue weighted by molar-refractivity contribution is 6.23. The summed E-state index contributed by atoms with van der Waals surface area (Å²) in [7, 11) is 0. The first-order valence-corrected chi connectivity index (χ1v) is 26.4. The van der Waals surface area contributed by atoms with E-state index < -0.39 is 0 Å². The molecule has 362 valence electrons. The van der Waals surface area contributed by atoms with Crippen LogP contribution >= 0.6 is 0 Å². The Balaban J connectivity index is 1.06. The molecular weight excluding hydrogens is 877 g/mol.